The van der Waals surface area contributed by atoms with Crippen molar-refractivity contribution in [2.45, 2.75) is 5.60 Å². The van der Waals surface area contributed by atoms with Gasteiger partial charge in [0.05, 0.1) is 30.9 Å². The summed E-state index contributed by atoms with van der Waals surface area (Å²) >= 11 is 1.42. The van der Waals surface area contributed by atoms with Gasteiger partial charge in [-0.2, -0.15) is 0 Å². The normalized spacial score (nSPS) is 13.8. The van der Waals surface area contributed by atoms with Crippen LogP contribution in [0.1, 0.15) is 20.8 Å². The minimum atomic E-state index is -1.32. The van der Waals surface area contributed by atoms with E-state index in [0.717, 1.165) is 4.88 Å². The van der Waals surface area contributed by atoms with Crippen LogP contribution in [0.5, 0.6) is 0 Å². The summed E-state index contributed by atoms with van der Waals surface area (Å²) in [5.74, 6) is -0.303. The van der Waals surface area contributed by atoms with Crippen LogP contribution in [0, 0.1) is 0 Å². The van der Waals surface area contributed by atoms with Crippen LogP contribution in [0.3, 0.4) is 0 Å². The number of aliphatic hydroxyl groups is 1. The van der Waals surface area contributed by atoms with E-state index in [-0.39, 0.29) is 12.5 Å². The average Bonchev–Trinajstić information content (AvgIpc) is 3.27. The van der Waals surface area contributed by atoms with E-state index in [1.165, 1.54) is 36.4 Å². The highest BCUT2D eigenvalue weighted by Gasteiger charge is 2.34. The lowest BCUT2D eigenvalue weighted by Crippen LogP contribution is -2.40. The van der Waals surface area contributed by atoms with Gasteiger partial charge in [-0.15, -0.1) is 11.3 Å². The fourth-order valence-electron chi connectivity index (χ4n) is 2.05. The molecular weight excluding hydrogens is 290 g/mol. The number of rotatable bonds is 5. The molecule has 1 atom stereocenters. The van der Waals surface area contributed by atoms with Crippen LogP contribution in [0.4, 0.5) is 0 Å². The van der Waals surface area contributed by atoms with Gasteiger partial charge in [0.2, 0.25) is 0 Å². The van der Waals surface area contributed by atoms with Crippen molar-refractivity contribution < 1.29 is 18.7 Å². The van der Waals surface area contributed by atoms with E-state index < -0.39 is 5.60 Å². The van der Waals surface area contributed by atoms with E-state index in [1.807, 2.05) is 17.5 Å². The molecule has 3 heterocycles. The summed E-state index contributed by atoms with van der Waals surface area (Å²) in [5, 5.41) is 15.6. The Balaban J connectivity index is 1.83. The molecule has 3 rings (SSSR count). The summed E-state index contributed by atoms with van der Waals surface area (Å²) in [6, 6.07) is 6.92. The molecule has 0 aromatic carbocycles. The number of carbonyl (C=O) groups excluding carboxylic acids is 1. The van der Waals surface area contributed by atoms with E-state index >= 15 is 0 Å². The third-order valence-corrected chi connectivity index (χ3v) is 4.24. The Bertz CT molecular complexity index is 652. The monoisotopic (exact) mass is 303 g/mol. The standard InChI is InChI=1S/C15H13NO4S/c17-14(11-3-5-19-8-11)16-10-15(18,12-4-6-20-9-12)13-2-1-7-21-13/h1-9,18H,10H2,(H,16,17)/t15-/m0/s1. The van der Waals surface area contributed by atoms with Gasteiger partial charge in [0.15, 0.2) is 0 Å². The zero-order valence-electron chi connectivity index (χ0n) is 11.0. The van der Waals surface area contributed by atoms with Gasteiger partial charge in [-0.3, -0.25) is 4.79 Å². The molecule has 6 heteroatoms. The third-order valence-electron chi connectivity index (χ3n) is 3.22. The van der Waals surface area contributed by atoms with Gasteiger partial charge in [0, 0.05) is 10.4 Å². The second kappa shape index (κ2) is 5.59. The van der Waals surface area contributed by atoms with Crippen LogP contribution in [0.25, 0.3) is 0 Å². The number of furan rings is 2. The maximum atomic E-state index is 12.0. The molecule has 0 saturated carbocycles. The average molecular weight is 303 g/mol. The first-order valence-corrected chi connectivity index (χ1v) is 7.17. The second-order valence-corrected chi connectivity index (χ2v) is 5.49. The molecule has 0 aliphatic rings. The topological polar surface area (TPSA) is 75.6 Å². The maximum Gasteiger partial charge on any atom is 0.254 e. The van der Waals surface area contributed by atoms with Crippen LogP contribution in [-0.2, 0) is 5.60 Å². The van der Waals surface area contributed by atoms with Gasteiger partial charge >= 0.3 is 0 Å². The maximum absolute atomic E-state index is 12.0. The fraction of sp³-hybridized carbons (Fsp3) is 0.133. The lowest BCUT2D eigenvalue weighted by molar-refractivity contribution is 0.0714. The predicted molar refractivity (Wildman–Crippen MR) is 77.1 cm³/mol. The van der Waals surface area contributed by atoms with Gasteiger partial charge in [-0.1, -0.05) is 6.07 Å². The molecule has 0 aliphatic heterocycles. The SMILES string of the molecule is O=C(NC[C@](O)(c1ccoc1)c1cccs1)c1ccoc1. The highest BCUT2D eigenvalue weighted by Crippen LogP contribution is 2.32. The molecule has 0 fully saturated rings. The first-order valence-electron chi connectivity index (χ1n) is 6.29. The Morgan fingerprint density at radius 3 is 2.67 bits per heavy atom. The lowest BCUT2D eigenvalue weighted by atomic mass is 9.94. The molecule has 5 nitrogen and oxygen atoms in total. The Hall–Kier alpha value is -2.31. The van der Waals surface area contributed by atoms with Gasteiger partial charge < -0.3 is 19.3 Å². The summed E-state index contributed by atoms with van der Waals surface area (Å²) < 4.78 is 9.93. The quantitative estimate of drug-likeness (QED) is 0.759. The first-order chi connectivity index (χ1) is 10.2. The second-order valence-electron chi connectivity index (χ2n) is 4.54. The van der Waals surface area contributed by atoms with E-state index in [9.17, 15) is 9.90 Å². The lowest BCUT2D eigenvalue weighted by Gasteiger charge is -2.26. The van der Waals surface area contributed by atoms with Crippen LogP contribution < -0.4 is 5.32 Å². The van der Waals surface area contributed by atoms with Crippen molar-refractivity contribution in [2.24, 2.45) is 0 Å². The molecule has 0 radical (unpaired) electrons. The van der Waals surface area contributed by atoms with E-state index in [4.69, 9.17) is 8.83 Å². The Morgan fingerprint density at radius 1 is 1.24 bits per heavy atom. The molecule has 3 aromatic heterocycles. The molecule has 108 valence electrons. The van der Waals surface area contributed by atoms with Crippen molar-refractivity contribution in [1.29, 1.82) is 0 Å². The fourth-order valence-corrected chi connectivity index (χ4v) is 2.89. The highest BCUT2D eigenvalue weighted by molar-refractivity contribution is 7.10. The van der Waals surface area contributed by atoms with Gasteiger partial charge in [0.25, 0.3) is 5.91 Å². The molecule has 2 N–H and O–H groups in total. The molecule has 1 amide bonds. The van der Waals surface area contributed by atoms with Crippen molar-refractivity contribution in [3.63, 3.8) is 0 Å². The minimum Gasteiger partial charge on any atom is -0.472 e. The zero-order valence-corrected chi connectivity index (χ0v) is 11.8. The molecule has 21 heavy (non-hydrogen) atoms. The van der Waals surface area contributed by atoms with E-state index in [0.29, 0.717) is 11.1 Å². The number of hydrogen-bond acceptors (Lipinski definition) is 5. The van der Waals surface area contributed by atoms with Gasteiger partial charge in [-0.05, 0) is 23.6 Å². The van der Waals surface area contributed by atoms with Crippen molar-refractivity contribution >= 4 is 17.2 Å². The first kappa shape index (κ1) is 13.7. The van der Waals surface area contributed by atoms with Crippen LogP contribution >= 0.6 is 11.3 Å². The largest absolute Gasteiger partial charge is 0.472 e. The molecule has 0 unspecified atom stereocenters. The molecule has 0 aliphatic carbocycles. The molecule has 0 spiro atoms. The number of amides is 1. The number of hydrogen-bond donors (Lipinski definition) is 2. The Kier molecular flexibility index (Phi) is 3.64. The predicted octanol–water partition coefficient (Wildman–Crippen LogP) is 2.60. The van der Waals surface area contributed by atoms with Crippen LogP contribution in [0.15, 0.2) is 63.5 Å². The van der Waals surface area contributed by atoms with Crippen LogP contribution in [-0.4, -0.2) is 17.6 Å². The highest BCUT2D eigenvalue weighted by atomic mass is 32.1. The van der Waals surface area contributed by atoms with Crippen molar-refractivity contribution in [1.82, 2.24) is 5.32 Å². The number of thiophene rings is 1. The minimum absolute atomic E-state index is 0.0387. The van der Waals surface area contributed by atoms with Crippen LogP contribution in [0.2, 0.25) is 0 Å². The van der Waals surface area contributed by atoms with E-state index in [2.05, 4.69) is 5.32 Å². The van der Waals surface area contributed by atoms with Gasteiger partial charge in [0.1, 0.15) is 11.9 Å². The summed E-state index contributed by atoms with van der Waals surface area (Å²) in [4.78, 5) is 12.7. The molecule has 0 bridgehead atoms. The Labute approximate surface area is 124 Å². The van der Waals surface area contributed by atoms with Crippen molar-refractivity contribution in [3.8, 4) is 0 Å². The zero-order chi connectivity index (χ0) is 14.7. The molecule has 3 aromatic rings. The van der Waals surface area contributed by atoms with Gasteiger partial charge in [-0.25, -0.2) is 0 Å². The molecule has 0 saturated heterocycles. The summed E-state index contributed by atoms with van der Waals surface area (Å²) in [6.07, 6.45) is 5.75. The van der Waals surface area contributed by atoms with E-state index in [1.54, 1.807) is 12.1 Å². The smallest absolute Gasteiger partial charge is 0.254 e. The Morgan fingerprint density at radius 2 is 2.05 bits per heavy atom. The van der Waals surface area contributed by atoms with Crippen molar-refractivity contribution in [3.05, 3.63) is 70.7 Å². The van der Waals surface area contributed by atoms with Crippen molar-refractivity contribution in [2.75, 3.05) is 6.54 Å². The molecular formula is C15H13NO4S. The summed E-state index contributed by atoms with van der Waals surface area (Å²) in [7, 11) is 0. The number of carbonyl (C=O) groups is 1. The summed E-state index contributed by atoms with van der Waals surface area (Å²) in [6.45, 7) is 0.0387. The summed E-state index contributed by atoms with van der Waals surface area (Å²) in [5.41, 5.74) is -0.311. The number of nitrogens with one attached hydrogen (secondary N) is 1. The third kappa shape index (κ3) is 2.63.